The van der Waals surface area contributed by atoms with Crippen LogP contribution in [0.25, 0.3) is 0 Å². The highest BCUT2D eigenvalue weighted by Gasteiger charge is 2.50. The van der Waals surface area contributed by atoms with E-state index in [-0.39, 0.29) is 0 Å². The Morgan fingerprint density at radius 2 is 2.09 bits per heavy atom. The van der Waals surface area contributed by atoms with Crippen molar-refractivity contribution in [1.29, 1.82) is 0 Å². The Hall–Kier alpha value is -1.16. The van der Waals surface area contributed by atoms with E-state index in [1.807, 2.05) is 18.2 Å². The zero-order chi connectivity index (χ0) is 16.3. The number of hydrogen-bond acceptors (Lipinski definition) is 2. The molecule has 3 nitrogen and oxygen atoms in total. The van der Waals surface area contributed by atoms with Gasteiger partial charge in [-0.3, -0.25) is 0 Å². The highest BCUT2D eigenvalue weighted by Crippen LogP contribution is 2.59. The lowest BCUT2D eigenvalue weighted by molar-refractivity contribution is -0.676. The van der Waals surface area contributed by atoms with Crippen molar-refractivity contribution in [1.82, 2.24) is 0 Å². The van der Waals surface area contributed by atoms with E-state index >= 15 is 0 Å². The van der Waals surface area contributed by atoms with Crippen LogP contribution in [0.4, 0.5) is 0 Å². The Bertz CT molecular complexity index is 538. The molecule has 1 saturated carbocycles. The average molecular weight is 316 g/mol. The minimum atomic E-state index is -0.398. The van der Waals surface area contributed by atoms with Gasteiger partial charge >= 0.3 is 0 Å². The third-order valence-electron chi connectivity index (χ3n) is 5.82. The molecular formula is C20H30NO2+. The number of allylic oxidation sites excluding steroid dienone is 1. The van der Waals surface area contributed by atoms with Crippen molar-refractivity contribution >= 4 is 0 Å². The zero-order valence-electron chi connectivity index (χ0n) is 14.4. The zero-order valence-corrected chi connectivity index (χ0v) is 14.4. The van der Waals surface area contributed by atoms with E-state index in [1.54, 1.807) is 0 Å². The number of aliphatic hydroxyl groups excluding tert-OH is 1. The second kappa shape index (κ2) is 7.16. The van der Waals surface area contributed by atoms with Crippen molar-refractivity contribution in [3.8, 4) is 0 Å². The lowest BCUT2D eigenvalue weighted by Gasteiger charge is -2.56. The average Bonchev–Trinajstić information content (AvgIpc) is 2.56. The summed E-state index contributed by atoms with van der Waals surface area (Å²) in [5, 5.41) is 12.2. The van der Waals surface area contributed by atoms with E-state index in [0.717, 1.165) is 12.5 Å². The van der Waals surface area contributed by atoms with Crippen molar-refractivity contribution in [3.05, 3.63) is 47.5 Å². The molecule has 1 aromatic rings. The topological polar surface area (TPSA) is 46.1 Å². The maximum Gasteiger partial charge on any atom is 0.126 e. The monoisotopic (exact) mass is 316 g/mol. The number of hydrogen-bond donors (Lipinski definition) is 2. The summed E-state index contributed by atoms with van der Waals surface area (Å²) in [5.74, 6) is 1.57. The van der Waals surface area contributed by atoms with Crippen LogP contribution in [0.2, 0.25) is 0 Å². The third kappa shape index (κ3) is 3.85. The van der Waals surface area contributed by atoms with Crippen LogP contribution in [0.5, 0.6) is 0 Å². The summed E-state index contributed by atoms with van der Waals surface area (Å²) in [6.45, 7) is 7.47. The van der Waals surface area contributed by atoms with Crippen LogP contribution in [0.3, 0.4) is 0 Å². The van der Waals surface area contributed by atoms with E-state index in [0.29, 0.717) is 31.1 Å². The number of rotatable bonds is 8. The number of nitrogens with two attached hydrogens (primary N) is 1. The molecular weight excluding hydrogens is 286 g/mol. The first-order valence-corrected chi connectivity index (χ1v) is 8.87. The summed E-state index contributed by atoms with van der Waals surface area (Å²) >= 11 is 0. The molecule has 23 heavy (non-hydrogen) atoms. The predicted octanol–water partition coefficient (Wildman–Crippen LogP) is 2.12. The molecule has 2 bridgehead atoms. The summed E-state index contributed by atoms with van der Waals surface area (Å²) in [6, 6.07) is 10.4. The molecule has 0 unspecified atom stereocenters. The van der Waals surface area contributed by atoms with E-state index in [4.69, 9.17) is 4.74 Å². The Morgan fingerprint density at radius 1 is 1.30 bits per heavy atom. The van der Waals surface area contributed by atoms with Crippen LogP contribution in [-0.2, 0) is 11.3 Å². The molecule has 0 radical (unpaired) electrons. The molecule has 0 aromatic heterocycles. The van der Waals surface area contributed by atoms with Gasteiger partial charge in [-0.05, 0) is 35.7 Å². The molecule has 0 spiro atoms. The number of fused-ring (bicyclic) bond motifs is 1. The molecule has 0 saturated heterocycles. The third-order valence-corrected chi connectivity index (χ3v) is 5.82. The fraction of sp³-hybridized carbons (Fsp3) is 0.600. The SMILES string of the molecule is CC1(C)[C@H]2CC=C(COC[C@H](O)C[NH2+]Cc3ccccc3)[C@@H]1C2. The standard InChI is InChI=1S/C20H29NO2/c1-20(2)17-9-8-16(19(20)10-17)13-23-14-18(22)12-21-11-15-6-4-3-5-7-15/h3-8,17-19,21-22H,9-14H2,1-2H3/p+1/t17-,18+,19-/m0/s1. The molecule has 3 atom stereocenters. The first kappa shape index (κ1) is 16.7. The Kier molecular flexibility index (Phi) is 5.20. The molecule has 3 aliphatic carbocycles. The van der Waals surface area contributed by atoms with E-state index in [9.17, 15) is 5.11 Å². The molecule has 0 heterocycles. The molecule has 4 rings (SSSR count). The lowest BCUT2D eigenvalue weighted by Crippen LogP contribution is -2.85. The quantitative estimate of drug-likeness (QED) is 0.722. The lowest BCUT2D eigenvalue weighted by atomic mass is 9.49. The minimum absolute atomic E-state index is 0.398. The van der Waals surface area contributed by atoms with Gasteiger partial charge in [0.1, 0.15) is 19.2 Å². The molecule has 3 heteroatoms. The van der Waals surface area contributed by atoms with Crippen molar-refractivity contribution in [2.75, 3.05) is 19.8 Å². The van der Waals surface area contributed by atoms with Gasteiger partial charge in [0.05, 0.1) is 13.2 Å². The van der Waals surface area contributed by atoms with Crippen molar-refractivity contribution in [2.45, 2.75) is 39.3 Å². The summed E-state index contributed by atoms with van der Waals surface area (Å²) < 4.78 is 5.79. The van der Waals surface area contributed by atoms with Gasteiger partial charge in [0.25, 0.3) is 0 Å². The second-order valence-corrected chi connectivity index (χ2v) is 7.70. The molecule has 1 aromatic carbocycles. The van der Waals surface area contributed by atoms with Crippen LogP contribution < -0.4 is 5.32 Å². The van der Waals surface area contributed by atoms with E-state index in [1.165, 1.54) is 24.0 Å². The highest BCUT2D eigenvalue weighted by atomic mass is 16.5. The Balaban J connectivity index is 1.32. The molecule has 1 fully saturated rings. The van der Waals surface area contributed by atoms with Crippen LogP contribution in [0.1, 0.15) is 32.3 Å². The smallest absolute Gasteiger partial charge is 0.126 e. The fourth-order valence-electron chi connectivity index (χ4n) is 4.08. The number of quaternary nitrogens is 1. The van der Waals surface area contributed by atoms with Crippen LogP contribution in [-0.4, -0.2) is 31.0 Å². The first-order valence-electron chi connectivity index (χ1n) is 8.87. The predicted molar refractivity (Wildman–Crippen MR) is 91.8 cm³/mol. The molecule has 0 amide bonds. The summed E-state index contributed by atoms with van der Waals surface area (Å²) in [6.07, 6.45) is 4.51. The number of benzene rings is 1. The fourth-order valence-corrected chi connectivity index (χ4v) is 4.08. The van der Waals surface area contributed by atoms with Crippen LogP contribution >= 0.6 is 0 Å². The molecule has 3 N–H and O–H groups in total. The second-order valence-electron chi connectivity index (χ2n) is 7.70. The van der Waals surface area contributed by atoms with Gasteiger partial charge in [-0.1, -0.05) is 50.3 Å². The maximum absolute atomic E-state index is 10.1. The van der Waals surface area contributed by atoms with Gasteiger partial charge in [0.15, 0.2) is 0 Å². The number of ether oxygens (including phenoxy) is 1. The van der Waals surface area contributed by atoms with Gasteiger partial charge in [-0.15, -0.1) is 0 Å². The normalized spacial score (nSPS) is 26.3. The van der Waals surface area contributed by atoms with Gasteiger partial charge in [0, 0.05) is 5.56 Å². The summed E-state index contributed by atoms with van der Waals surface area (Å²) in [7, 11) is 0. The first-order chi connectivity index (χ1) is 11.1. The summed E-state index contributed by atoms with van der Waals surface area (Å²) in [4.78, 5) is 0. The Morgan fingerprint density at radius 3 is 2.78 bits per heavy atom. The van der Waals surface area contributed by atoms with E-state index in [2.05, 4.69) is 37.4 Å². The molecule has 3 aliphatic rings. The van der Waals surface area contributed by atoms with Crippen molar-refractivity contribution in [2.24, 2.45) is 17.3 Å². The minimum Gasteiger partial charge on any atom is -0.385 e. The molecule has 0 aliphatic heterocycles. The van der Waals surface area contributed by atoms with E-state index < -0.39 is 6.10 Å². The van der Waals surface area contributed by atoms with Gasteiger partial charge in [-0.25, -0.2) is 0 Å². The maximum atomic E-state index is 10.1. The Labute approximate surface area is 139 Å². The van der Waals surface area contributed by atoms with Crippen molar-refractivity contribution < 1.29 is 15.2 Å². The van der Waals surface area contributed by atoms with Gasteiger partial charge in [-0.2, -0.15) is 0 Å². The largest absolute Gasteiger partial charge is 0.385 e. The van der Waals surface area contributed by atoms with Crippen LogP contribution in [0, 0.1) is 17.3 Å². The number of aliphatic hydroxyl groups is 1. The highest BCUT2D eigenvalue weighted by molar-refractivity contribution is 5.23. The van der Waals surface area contributed by atoms with Gasteiger partial charge in [0.2, 0.25) is 0 Å². The van der Waals surface area contributed by atoms with Gasteiger partial charge < -0.3 is 15.2 Å². The van der Waals surface area contributed by atoms with Crippen molar-refractivity contribution in [3.63, 3.8) is 0 Å². The summed E-state index contributed by atoms with van der Waals surface area (Å²) in [5.41, 5.74) is 3.20. The molecule has 126 valence electrons. The van der Waals surface area contributed by atoms with Crippen LogP contribution in [0.15, 0.2) is 42.0 Å².